The lowest BCUT2D eigenvalue weighted by molar-refractivity contribution is 0.0996. The van der Waals surface area contributed by atoms with Crippen molar-refractivity contribution in [2.75, 3.05) is 37.3 Å². The van der Waals surface area contributed by atoms with Gasteiger partial charge in [0.05, 0.1) is 17.0 Å². The highest BCUT2D eigenvalue weighted by Crippen LogP contribution is 2.26. The summed E-state index contributed by atoms with van der Waals surface area (Å²) >= 11 is 6.21. The minimum atomic E-state index is -0.390. The number of hydrogen-bond acceptors (Lipinski definition) is 4. The predicted octanol–water partition coefficient (Wildman–Crippen LogP) is 4.04. The Hall–Kier alpha value is -2.51. The third kappa shape index (κ3) is 5.74. The highest BCUT2D eigenvalue weighted by Gasteiger charge is 2.16. The molecule has 7 nitrogen and oxygen atoms in total. The lowest BCUT2D eigenvalue weighted by Gasteiger charge is -2.28. The summed E-state index contributed by atoms with van der Waals surface area (Å²) in [4.78, 5) is 26.4. The van der Waals surface area contributed by atoms with Gasteiger partial charge in [-0.3, -0.25) is 4.79 Å². The van der Waals surface area contributed by atoms with Crippen LogP contribution < -0.4 is 16.0 Å². The zero-order chi connectivity index (χ0) is 19.9. The van der Waals surface area contributed by atoms with E-state index in [1.807, 2.05) is 0 Å². The van der Waals surface area contributed by atoms with Gasteiger partial charge in [0.15, 0.2) is 5.76 Å². The number of likely N-dealkylation sites (tertiary alicyclic amines) is 1. The van der Waals surface area contributed by atoms with Crippen LogP contribution in [0.2, 0.25) is 5.02 Å². The van der Waals surface area contributed by atoms with Crippen LogP contribution in [-0.4, -0.2) is 43.5 Å². The van der Waals surface area contributed by atoms with E-state index in [1.54, 1.807) is 30.3 Å². The number of halogens is 1. The van der Waals surface area contributed by atoms with Crippen molar-refractivity contribution in [1.29, 1.82) is 0 Å². The summed E-state index contributed by atoms with van der Waals surface area (Å²) in [6, 6.07) is 7.84. The first kappa shape index (κ1) is 20.2. The van der Waals surface area contributed by atoms with Crippen molar-refractivity contribution >= 4 is 34.9 Å². The normalized spacial score (nSPS) is 15.2. The Kier molecular flexibility index (Phi) is 6.95. The second kappa shape index (κ2) is 9.61. The Morgan fingerprint density at radius 1 is 1.21 bits per heavy atom. The predicted molar refractivity (Wildman–Crippen MR) is 110 cm³/mol. The van der Waals surface area contributed by atoms with Crippen LogP contribution in [-0.2, 0) is 0 Å². The molecule has 3 amide bonds. The summed E-state index contributed by atoms with van der Waals surface area (Å²) in [5, 5.41) is 8.64. The molecule has 0 bridgehead atoms. The van der Waals surface area contributed by atoms with Crippen LogP contribution in [0, 0.1) is 5.92 Å². The number of benzene rings is 1. The molecule has 0 saturated carbocycles. The van der Waals surface area contributed by atoms with Crippen LogP contribution in [0.15, 0.2) is 41.0 Å². The Bertz CT molecular complexity index is 802. The molecule has 8 heteroatoms. The summed E-state index contributed by atoms with van der Waals surface area (Å²) in [6.07, 6.45) is 4.77. The maximum absolute atomic E-state index is 12.1. The number of nitrogens with zero attached hydrogens (tertiary/aromatic N) is 1. The maximum Gasteiger partial charge on any atom is 0.319 e. The van der Waals surface area contributed by atoms with E-state index in [0.717, 1.165) is 19.5 Å². The molecule has 0 atom stereocenters. The molecule has 28 heavy (non-hydrogen) atoms. The van der Waals surface area contributed by atoms with Gasteiger partial charge in [-0.2, -0.15) is 0 Å². The van der Waals surface area contributed by atoms with E-state index in [-0.39, 0.29) is 17.7 Å². The average molecular weight is 405 g/mol. The molecule has 1 aliphatic heterocycles. The van der Waals surface area contributed by atoms with Crippen LogP contribution in [0.25, 0.3) is 0 Å². The lowest BCUT2D eigenvalue weighted by Crippen LogP contribution is -2.34. The van der Waals surface area contributed by atoms with Gasteiger partial charge in [0, 0.05) is 12.2 Å². The highest BCUT2D eigenvalue weighted by molar-refractivity contribution is 6.34. The Morgan fingerprint density at radius 3 is 2.68 bits per heavy atom. The number of hydrogen-bond donors (Lipinski definition) is 3. The van der Waals surface area contributed by atoms with Gasteiger partial charge in [-0.15, -0.1) is 0 Å². The number of piperidine rings is 1. The number of rotatable bonds is 6. The number of furan rings is 1. The van der Waals surface area contributed by atoms with E-state index >= 15 is 0 Å². The third-order valence-corrected chi connectivity index (χ3v) is 5.21. The Balaban J connectivity index is 1.44. The molecule has 1 saturated heterocycles. The second-order valence-corrected chi connectivity index (χ2v) is 7.45. The fourth-order valence-electron chi connectivity index (χ4n) is 3.20. The van der Waals surface area contributed by atoms with Gasteiger partial charge >= 0.3 is 6.03 Å². The van der Waals surface area contributed by atoms with Gasteiger partial charge in [-0.1, -0.05) is 11.6 Å². The summed E-state index contributed by atoms with van der Waals surface area (Å²) in [5.41, 5.74) is 0.995. The van der Waals surface area contributed by atoms with Crippen LogP contribution in [0.3, 0.4) is 0 Å². The molecular formula is C20H25ClN4O3. The van der Waals surface area contributed by atoms with Crippen molar-refractivity contribution in [3.05, 3.63) is 47.4 Å². The molecule has 150 valence electrons. The molecule has 3 N–H and O–H groups in total. The first-order valence-corrected chi connectivity index (χ1v) is 9.77. The van der Waals surface area contributed by atoms with E-state index < -0.39 is 0 Å². The first-order valence-electron chi connectivity index (χ1n) is 9.39. The van der Waals surface area contributed by atoms with Crippen molar-refractivity contribution in [1.82, 2.24) is 10.2 Å². The van der Waals surface area contributed by atoms with E-state index in [0.29, 0.717) is 28.9 Å². The Morgan fingerprint density at radius 2 is 2.00 bits per heavy atom. The summed E-state index contributed by atoms with van der Waals surface area (Å²) in [7, 11) is 2.14. The first-order chi connectivity index (χ1) is 13.5. The van der Waals surface area contributed by atoms with Crippen molar-refractivity contribution in [2.24, 2.45) is 5.92 Å². The molecule has 1 aromatic carbocycles. The van der Waals surface area contributed by atoms with Crippen LogP contribution in [0.4, 0.5) is 16.2 Å². The van der Waals surface area contributed by atoms with Crippen molar-refractivity contribution in [2.45, 2.75) is 19.3 Å². The minimum absolute atomic E-state index is 0.197. The van der Waals surface area contributed by atoms with Crippen molar-refractivity contribution in [3.8, 4) is 0 Å². The zero-order valence-corrected chi connectivity index (χ0v) is 16.6. The third-order valence-electron chi connectivity index (χ3n) is 4.90. The second-order valence-electron chi connectivity index (χ2n) is 7.04. The largest absolute Gasteiger partial charge is 0.459 e. The van der Waals surface area contributed by atoms with Gasteiger partial charge in [-0.25, -0.2) is 4.79 Å². The van der Waals surface area contributed by atoms with Crippen molar-refractivity contribution in [3.63, 3.8) is 0 Å². The molecule has 1 fully saturated rings. The number of carbonyl (C=O) groups excluding carboxylic acids is 2. The van der Waals surface area contributed by atoms with E-state index in [2.05, 4.69) is 27.9 Å². The van der Waals surface area contributed by atoms with Gasteiger partial charge in [-0.05, 0) is 75.6 Å². The summed E-state index contributed by atoms with van der Waals surface area (Å²) < 4.78 is 5.05. The van der Waals surface area contributed by atoms with Crippen LogP contribution in [0.1, 0.15) is 29.8 Å². The molecule has 3 rings (SSSR count). The fourth-order valence-corrected chi connectivity index (χ4v) is 3.43. The lowest BCUT2D eigenvalue weighted by atomic mass is 9.94. The molecule has 2 heterocycles. The van der Waals surface area contributed by atoms with Gasteiger partial charge < -0.3 is 25.3 Å². The van der Waals surface area contributed by atoms with Gasteiger partial charge in [0.1, 0.15) is 0 Å². The topological polar surface area (TPSA) is 86.6 Å². The summed E-state index contributed by atoms with van der Waals surface area (Å²) in [5.74, 6) is 0.476. The van der Waals surface area contributed by atoms with E-state index in [9.17, 15) is 9.59 Å². The standard InChI is InChI=1S/C20H25ClN4O3/c1-25-10-7-14(8-11-25)6-9-22-20(27)23-15-4-5-17(16(21)13-15)24-19(26)18-3-2-12-28-18/h2-5,12-14H,6-11H2,1H3,(H,24,26)(H2,22,23,27). The zero-order valence-electron chi connectivity index (χ0n) is 15.8. The smallest absolute Gasteiger partial charge is 0.319 e. The number of urea groups is 1. The molecular weight excluding hydrogens is 380 g/mol. The molecule has 2 aromatic rings. The quantitative estimate of drug-likeness (QED) is 0.678. The molecule has 0 spiro atoms. The number of carbonyl (C=O) groups is 2. The number of anilines is 2. The molecule has 1 aromatic heterocycles. The molecule has 0 aliphatic carbocycles. The maximum atomic E-state index is 12.1. The van der Waals surface area contributed by atoms with Crippen LogP contribution in [0.5, 0.6) is 0 Å². The highest BCUT2D eigenvalue weighted by atomic mass is 35.5. The average Bonchev–Trinajstić information content (AvgIpc) is 3.20. The van der Waals surface area contributed by atoms with Crippen molar-refractivity contribution < 1.29 is 14.0 Å². The summed E-state index contributed by atoms with van der Waals surface area (Å²) in [6.45, 7) is 2.89. The van der Waals surface area contributed by atoms with Gasteiger partial charge in [0.25, 0.3) is 5.91 Å². The Labute approximate surface area is 169 Å². The van der Waals surface area contributed by atoms with E-state index in [4.69, 9.17) is 16.0 Å². The van der Waals surface area contributed by atoms with E-state index in [1.165, 1.54) is 19.1 Å². The number of nitrogens with one attached hydrogen (secondary N) is 3. The molecule has 0 radical (unpaired) electrons. The molecule has 0 unspecified atom stereocenters. The van der Waals surface area contributed by atoms with Gasteiger partial charge in [0.2, 0.25) is 0 Å². The van der Waals surface area contributed by atoms with Crippen LogP contribution >= 0.6 is 11.6 Å². The number of amides is 3. The monoisotopic (exact) mass is 404 g/mol. The SMILES string of the molecule is CN1CCC(CCNC(=O)Nc2ccc(NC(=O)c3ccco3)c(Cl)c2)CC1. The fraction of sp³-hybridized carbons (Fsp3) is 0.400. The minimum Gasteiger partial charge on any atom is -0.459 e. The molecule has 1 aliphatic rings.